The van der Waals surface area contributed by atoms with Crippen molar-refractivity contribution in [3.05, 3.63) is 140 Å². The first-order valence-corrected chi connectivity index (χ1v) is 23.4. The summed E-state index contributed by atoms with van der Waals surface area (Å²) < 4.78 is 37.1. The lowest BCUT2D eigenvalue weighted by Crippen LogP contribution is -2.25. The number of hydrogen-bond acceptors (Lipinski definition) is 9. The van der Waals surface area contributed by atoms with Crippen molar-refractivity contribution in [2.75, 3.05) is 42.7 Å². The molecule has 6 aromatic carbocycles. The number of H-pyrrole nitrogens is 3. The zero-order valence-corrected chi connectivity index (χ0v) is 41.7. The third kappa shape index (κ3) is 7.29. The molecule has 3 amide bonds. The van der Waals surface area contributed by atoms with Crippen molar-refractivity contribution in [2.45, 2.75) is 17.8 Å². The Bertz CT molecular complexity index is 3310. The van der Waals surface area contributed by atoms with Crippen LogP contribution in [0.15, 0.2) is 91.0 Å². The number of fused-ring (bicyclic) bond motifs is 3. The number of aromatic amines is 3. The molecule has 1 aliphatic heterocycles. The molecule has 4 heterocycles. The van der Waals surface area contributed by atoms with Crippen molar-refractivity contribution in [3.63, 3.8) is 0 Å². The molecule has 18 heteroatoms. The summed E-state index contributed by atoms with van der Waals surface area (Å²) in [6, 6.07) is 26.0. The van der Waals surface area contributed by atoms with Crippen molar-refractivity contribution in [3.8, 4) is 67.9 Å². The van der Waals surface area contributed by atoms with Gasteiger partial charge in [0.25, 0.3) is 0 Å². The van der Waals surface area contributed by atoms with Gasteiger partial charge in [-0.05, 0) is 53.1 Å². The molecule has 0 aliphatic carbocycles. The second kappa shape index (κ2) is 18.3. The highest BCUT2D eigenvalue weighted by atomic mass is 35.5. The van der Waals surface area contributed by atoms with E-state index < -0.39 is 35.5 Å². The molecule has 10 rings (SSSR count). The zero-order valence-electron chi connectivity index (χ0n) is 39.4. The Kier molecular flexibility index (Phi) is 12.1. The number of nitrogens with two attached hydrogens (primary N) is 3. The summed E-state index contributed by atoms with van der Waals surface area (Å²) in [5, 5.41) is 2.64. The number of rotatable bonds is 12. The normalized spacial score (nSPS) is 15.2. The van der Waals surface area contributed by atoms with Gasteiger partial charge in [0.15, 0.2) is 0 Å². The Hall–Kier alpha value is -7.98. The lowest BCUT2D eigenvalue weighted by molar-refractivity contribution is -0.119. The summed E-state index contributed by atoms with van der Waals surface area (Å²) >= 11 is 19.6. The Labute approximate surface area is 426 Å². The molecule has 0 saturated heterocycles. The van der Waals surface area contributed by atoms with Gasteiger partial charge >= 0.3 is 0 Å². The maximum absolute atomic E-state index is 14.8. The fourth-order valence-corrected chi connectivity index (χ4v) is 11.0. The van der Waals surface area contributed by atoms with E-state index in [0.29, 0.717) is 98.4 Å². The van der Waals surface area contributed by atoms with Gasteiger partial charge in [0, 0.05) is 83.7 Å². The molecule has 366 valence electrons. The van der Waals surface area contributed by atoms with Crippen LogP contribution in [0.3, 0.4) is 0 Å². The SMILES string of the molecule is COc1cc(OC)c2c(-c3ccc(Cl)cc3)c3[nH]c2c1C(C(N)=O)c1[nH]c2c(c(OC)cc(OC)c2c1-c1ccc(Cl)cc1)C(C(N)=O)c1[nH]c2c(c(OC)cc(OC)c2c1-c1ccc(Cl)cc1)C3C(N)=O. The first-order valence-electron chi connectivity index (χ1n) is 22.3. The molecule has 3 aromatic heterocycles. The van der Waals surface area contributed by atoms with Gasteiger partial charge in [-0.15, -0.1) is 0 Å². The van der Waals surface area contributed by atoms with E-state index in [1.165, 1.54) is 42.7 Å². The van der Waals surface area contributed by atoms with E-state index in [-0.39, 0.29) is 51.0 Å². The number of primary amides is 3. The summed E-state index contributed by atoms with van der Waals surface area (Å²) in [7, 11) is 8.85. The number of methoxy groups -OCH3 is 6. The predicted molar refractivity (Wildman–Crippen MR) is 279 cm³/mol. The predicted octanol–water partition coefficient (Wildman–Crippen LogP) is 10.3. The summed E-state index contributed by atoms with van der Waals surface area (Å²) in [6.07, 6.45) is 0. The highest BCUT2D eigenvalue weighted by molar-refractivity contribution is 6.31. The highest BCUT2D eigenvalue weighted by Gasteiger charge is 2.42. The third-order valence-electron chi connectivity index (χ3n) is 13.5. The minimum absolute atomic E-state index is 0.185. The number of benzene rings is 6. The number of amides is 3. The van der Waals surface area contributed by atoms with Gasteiger partial charge in [0.05, 0.1) is 75.4 Å². The smallest absolute Gasteiger partial charge is 0.231 e. The molecule has 9 N–H and O–H groups in total. The molecule has 0 radical (unpaired) electrons. The fourth-order valence-electron chi connectivity index (χ4n) is 10.6. The second-order valence-corrected chi connectivity index (χ2v) is 18.4. The molecule has 0 saturated carbocycles. The van der Waals surface area contributed by atoms with E-state index in [2.05, 4.69) is 15.0 Å². The summed E-state index contributed by atoms with van der Waals surface area (Å²) in [5.74, 6) is -5.23. The van der Waals surface area contributed by atoms with E-state index in [1.807, 2.05) is 0 Å². The lowest BCUT2D eigenvalue weighted by atomic mass is 9.84. The molecule has 0 fully saturated rings. The molecule has 1 aliphatic rings. The fraction of sp³-hybridized carbons (Fsp3) is 0.167. The van der Waals surface area contributed by atoms with Gasteiger partial charge in [-0.1, -0.05) is 71.2 Å². The third-order valence-corrected chi connectivity index (χ3v) is 14.3. The lowest BCUT2D eigenvalue weighted by Gasteiger charge is -2.21. The number of ether oxygens (including phenoxy) is 6. The van der Waals surface area contributed by atoms with E-state index >= 15 is 0 Å². The number of halogens is 3. The summed E-state index contributed by atoms with van der Waals surface area (Å²) in [5.41, 5.74) is 25.6. The van der Waals surface area contributed by atoms with Crippen LogP contribution in [0.25, 0.3) is 66.1 Å². The van der Waals surface area contributed by atoms with Crippen LogP contribution in [-0.4, -0.2) is 75.3 Å². The van der Waals surface area contributed by atoms with E-state index in [1.54, 1.807) is 91.0 Å². The Morgan fingerprint density at radius 2 is 0.611 bits per heavy atom. The highest BCUT2D eigenvalue weighted by Crippen LogP contribution is 2.56. The molecule has 72 heavy (non-hydrogen) atoms. The standard InChI is InChI=1S/C54H45Cl3N6O9/c1-67-28-19-31(70-4)40-43(52(58)64)47-35(23-9-15-26(56)16-10-23)38-30(69-3)21-33(72-6)42(51(38)62-47)45(54(60)66)48-36(24-11-17-27(57)18-12-24)39-29(68-2)20-32(71-5)41(50(39)63-48)44(53(59)65)46-34(37(28)49(40)61-46)22-7-13-25(55)14-8-22/h7-21,43-45,61-63H,1-6H3,(H2,58,64)(H2,59,65)(H2,60,66). The minimum atomic E-state index is -1.41. The minimum Gasteiger partial charge on any atom is -0.496 e. The average molecular weight is 1030 g/mol. The topological polar surface area (TPSA) is 232 Å². The van der Waals surface area contributed by atoms with E-state index in [9.17, 15) is 14.4 Å². The average Bonchev–Trinajstić information content (AvgIpc) is 4.07. The van der Waals surface area contributed by atoms with Gasteiger partial charge in [0.2, 0.25) is 17.7 Å². The van der Waals surface area contributed by atoms with Crippen molar-refractivity contribution < 1.29 is 42.8 Å². The quantitative estimate of drug-likeness (QED) is 0.0682. The van der Waals surface area contributed by atoms with Crippen LogP contribution >= 0.6 is 34.8 Å². The van der Waals surface area contributed by atoms with Gasteiger partial charge in [0.1, 0.15) is 52.3 Å². The molecule has 6 bridgehead atoms. The van der Waals surface area contributed by atoms with Gasteiger partial charge < -0.3 is 60.6 Å². The largest absolute Gasteiger partial charge is 0.496 e. The number of carbonyl (C=O) groups excluding carboxylic acids is 3. The Morgan fingerprint density at radius 1 is 0.389 bits per heavy atom. The van der Waals surface area contributed by atoms with Crippen molar-refractivity contribution in [1.29, 1.82) is 0 Å². The molecule has 9 aromatic rings. The number of aromatic nitrogens is 3. The van der Waals surface area contributed by atoms with Crippen LogP contribution in [0.4, 0.5) is 0 Å². The molecule has 15 nitrogen and oxygen atoms in total. The summed E-state index contributed by atoms with van der Waals surface area (Å²) in [6.45, 7) is 0. The number of carbonyl (C=O) groups is 3. The maximum Gasteiger partial charge on any atom is 0.231 e. The first-order chi connectivity index (χ1) is 34.7. The van der Waals surface area contributed by atoms with Gasteiger partial charge in [-0.3, -0.25) is 14.4 Å². The van der Waals surface area contributed by atoms with Gasteiger partial charge in [-0.25, -0.2) is 0 Å². The molecular formula is C54H45Cl3N6O9. The number of hydrogen-bond donors (Lipinski definition) is 6. The number of nitrogens with one attached hydrogen (secondary N) is 3. The summed E-state index contributed by atoms with van der Waals surface area (Å²) in [4.78, 5) is 55.3. The van der Waals surface area contributed by atoms with Crippen LogP contribution in [0, 0.1) is 0 Å². The Balaban J connectivity index is 1.56. The maximum atomic E-state index is 14.8. The van der Waals surface area contributed by atoms with Crippen LogP contribution < -0.4 is 45.6 Å². The molecule has 3 atom stereocenters. The first kappa shape index (κ1) is 47.7. The van der Waals surface area contributed by atoms with Gasteiger partial charge in [-0.2, -0.15) is 0 Å². The zero-order chi connectivity index (χ0) is 51.0. The molecule has 0 spiro atoms. The van der Waals surface area contributed by atoms with E-state index in [0.717, 1.165) is 0 Å². The monoisotopic (exact) mass is 1030 g/mol. The van der Waals surface area contributed by atoms with E-state index in [4.69, 9.17) is 80.4 Å². The molecule has 3 unspecified atom stereocenters. The Morgan fingerprint density at radius 3 is 0.806 bits per heavy atom. The van der Waals surface area contributed by atoms with Crippen molar-refractivity contribution in [1.82, 2.24) is 15.0 Å². The van der Waals surface area contributed by atoms with Crippen molar-refractivity contribution in [2.24, 2.45) is 17.2 Å². The van der Waals surface area contributed by atoms with Crippen LogP contribution in [0.5, 0.6) is 34.5 Å². The van der Waals surface area contributed by atoms with Crippen LogP contribution in [0.2, 0.25) is 15.1 Å². The second-order valence-electron chi connectivity index (χ2n) is 17.1. The van der Waals surface area contributed by atoms with Crippen LogP contribution in [0.1, 0.15) is 51.5 Å². The van der Waals surface area contributed by atoms with Crippen molar-refractivity contribution >= 4 is 85.2 Å². The van der Waals surface area contributed by atoms with Crippen LogP contribution in [-0.2, 0) is 14.4 Å². The molecular weight excluding hydrogens is 983 g/mol.